The van der Waals surface area contributed by atoms with Crippen molar-refractivity contribution in [1.29, 1.82) is 0 Å². The van der Waals surface area contributed by atoms with Gasteiger partial charge in [0.2, 0.25) is 0 Å². The van der Waals surface area contributed by atoms with Crippen molar-refractivity contribution in [3.8, 4) is 17.2 Å². The average molecular weight is 451 g/mol. The quantitative estimate of drug-likeness (QED) is 0.352. The molecule has 4 heteroatoms. The summed E-state index contributed by atoms with van der Waals surface area (Å²) in [6.07, 6.45) is 0. The molecule has 0 aliphatic heterocycles. The van der Waals surface area contributed by atoms with Crippen molar-refractivity contribution in [3.63, 3.8) is 0 Å². The van der Waals surface area contributed by atoms with Gasteiger partial charge in [-0.3, -0.25) is 0 Å². The minimum atomic E-state index is -1.74. The lowest BCUT2D eigenvalue weighted by Crippen LogP contribution is -2.15. The van der Waals surface area contributed by atoms with Gasteiger partial charge >= 0.3 is 8.60 Å². The molecule has 0 aliphatic carbocycles. The van der Waals surface area contributed by atoms with Gasteiger partial charge in [0.05, 0.1) is 0 Å². The Kier molecular flexibility index (Phi) is 7.20. The first-order chi connectivity index (χ1) is 14.9. The van der Waals surface area contributed by atoms with Crippen LogP contribution in [0.3, 0.4) is 0 Å². The van der Waals surface area contributed by atoms with E-state index in [-0.39, 0.29) is 10.8 Å². The van der Waals surface area contributed by atoms with Crippen LogP contribution in [0, 0.1) is 13.8 Å². The molecule has 0 radical (unpaired) electrons. The van der Waals surface area contributed by atoms with Crippen LogP contribution >= 0.6 is 8.60 Å². The summed E-state index contributed by atoms with van der Waals surface area (Å²) in [5.41, 5.74) is 4.51. The second-order valence-electron chi connectivity index (χ2n) is 10.3. The summed E-state index contributed by atoms with van der Waals surface area (Å²) in [5.74, 6) is 2.29. The predicted molar refractivity (Wildman–Crippen MR) is 135 cm³/mol. The maximum atomic E-state index is 6.45. The van der Waals surface area contributed by atoms with Crippen molar-refractivity contribution in [2.75, 3.05) is 0 Å². The molecule has 0 atom stereocenters. The molecule has 0 aliphatic rings. The summed E-state index contributed by atoms with van der Waals surface area (Å²) in [6.45, 7) is 17.3. The Morgan fingerprint density at radius 2 is 1.00 bits per heavy atom. The number of aryl methyl sites for hydroxylation is 2. The minimum absolute atomic E-state index is 0.0739. The summed E-state index contributed by atoms with van der Waals surface area (Å²) < 4.78 is 19.1. The fourth-order valence-electron chi connectivity index (χ4n) is 3.40. The molecule has 0 saturated carbocycles. The predicted octanol–water partition coefficient (Wildman–Crippen LogP) is 8.66. The minimum Gasteiger partial charge on any atom is -0.409 e. The third-order valence-corrected chi connectivity index (χ3v) is 6.21. The van der Waals surface area contributed by atoms with Crippen molar-refractivity contribution >= 4 is 8.60 Å². The highest BCUT2D eigenvalue weighted by atomic mass is 31.2. The molecule has 0 unspecified atom stereocenters. The molecule has 3 nitrogen and oxygen atoms in total. The molecule has 0 amide bonds. The molecule has 0 N–H and O–H groups in total. The van der Waals surface area contributed by atoms with Crippen LogP contribution in [-0.4, -0.2) is 0 Å². The van der Waals surface area contributed by atoms with E-state index in [2.05, 4.69) is 79.7 Å². The molecule has 0 bridgehead atoms. The van der Waals surface area contributed by atoms with Gasteiger partial charge in [0, 0.05) is 11.1 Å². The second kappa shape index (κ2) is 9.55. The zero-order chi connectivity index (χ0) is 23.5. The van der Waals surface area contributed by atoms with E-state index < -0.39 is 8.60 Å². The summed E-state index contributed by atoms with van der Waals surface area (Å²) >= 11 is 0. The third-order valence-electron chi connectivity index (χ3n) is 5.16. The Bertz CT molecular complexity index is 981. The lowest BCUT2D eigenvalue weighted by molar-refractivity contribution is 0.377. The van der Waals surface area contributed by atoms with E-state index in [1.165, 1.54) is 11.1 Å². The highest BCUT2D eigenvalue weighted by Gasteiger charge is 2.28. The van der Waals surface area contributed by atoms with Crippen LogP contribution in [-0.2, 0) is 10.8 Å². The summed E-state index contributed by atoms with van der Waals surface area (Å²) in [4.78, 5) is 0. The molecule has 3 aromatic rings. The Morgan fingerprint density at radius 3 is 1.41 bits per heavy atom. The van der Waals surface area contributed by atoms with E-state index in [0.717, 1.165) is 22.6 Å². The highest BCUT2D eigenvalue weighted by Crippen LogP contribution is 2.47. The summed E-state index contributed by atoms with van der Waals surface area (Å²) in [5, 5.41) is 0. The molecule has 0 heterocycles. The Balaban J connectivity index is 2.00. The first kappa shape index (κ1) is 24.1. The van der Waals surface area contributed by atoms with Gasteiger partial charge in [0.1, 0.15) is 17.2 Å². The monoisotopic (exact) mass is 450 g/mol. The first-order valence-corrected chi connectivity index (χ1v) is 12.1. The zero-order valence-electron chi connectivity index (χ0n) is 20.5. The molecule has 3 aromatic carbocycles. The first-order valence-electron chi connectivity index (χ1n) is 11.0. The van der Waals surface area contributed by atoms with Crippen molar-refractivity contribution in [2.24, 2.45) is 0 Å². The maximum absolute atomic E-state index is 6.45. The highest BCUT2D eigenvalue weighted by molar-refractivity contribution is 7.43. The summed E-state index contributed by atoms with van der Waals surface area (Å²) in [6, 6.07) is 22.2. The van der Waals surface area contributed by atoms with Crippen LogP contribution in [0.2, 0.25) is 0 Å². The molecule has 170 valence electrons. The van der Waals surface area contributed by atoms with Gasteiger partial charge in [0.15, 0.2) is 0 Å². The van der Waals surface area contributed by atoms with Crippen molar-refractivity contribution in [1.82, 2.24) is 0 Å². The molecule has 0 aromatic heterocycles. The van der Waals surface area contributed by atoms with Crippen LogP contribution in [0.4, 0.5) is 0 Å². The van der Waals surface area contributed by atoms with Gasteiger partial charge in [0.25, 0.3) is 0 Å². The van der Waals surface area contributed by atoms with Gasteiger partial charge in [-0.05, 0) is 48.9 Å². The fraction of sp³-hybridized carbons (Fsp3) is 0.357. The van der Waals surface area contributed by atoms with E-state index in [4.69, 9.17) is 13.6 Å². The third kappa shape index (κ3) is 6.26. The van der Waals surface area contributed by atoms with Crippen molar-refractivity contribution in [2.45, 2.75) is 66.2 Å². The molecule has 0 saturated heterocycles. The smallest absolute Gasteiger partial charge is 0.409 e. The average Bonchev–Trinajstić information content (AvgIpc) is 2.70. The molecule has 0 fully saturated rings. The van der Waals surface area contributed by atoms with Gasteiger partial charge in [-0.15, -0.1) is 0 Å². The maximum Gasteiger partial charge on any atom is 0.530 e. The van der Waals surface area contributed by atoms with Crippen LogP contribution < -0.4 is 13.6 Å². The van der Waals surface area contributed by atoms with Gasteiger partial charge in [-0.2, -0.15) is 0 Å². The molecular formula is C28H35O3P. The lowest BCUT2D eigenvalue weighted by Gasteiger charge is -2.27. The van der Waals surface area contributed by atoms with E-state index in [9.17, 15) is 0 Å². The Labute approximate surface area is 194 Å². The van der Waals surface area contributed by atoms with Crippen molar-refractivity contribution < 1.29 is 13.6 Å². The van der Waals surface area contributed by atoms with E-state index >= 15 is 0 Å². The fourth-order valence-corrected chi connectivity index (χ4v) is 4.45. The van der Waals surface area contributed by atoms with Crippen LogP contribution in [0.15, 0.2) is 66.7 Å². The Hall–Kier alpha value is -2.51. The number of hydrogen-bond donors (Lipinski definition) is 0. The van der Waals surface area contributed by atoms with E-state index in [0.29, 0.717) is 5.75 Å². The Morgan fingerprint density at radius 1 is 0.562 bits per heavy atom. The normalized spacial score (nSPS) is 12.0. The SMILES string of the molecule is Cc1ccc(OP(Oc2ccccc2)Oc2ccc(C)cc2C(C)(C)C)c(C(C)(C)C)c1. The van der Waals surface area contributed by atoms with Crippen LogP contribution in [0.25, 0.3) is 0 Å². The number of rotatable bonds is 6. The van der Waals surface area contributed by atoms with Gasteiger partial charge < -0.3 is 13.6 Å². The van der Waals surface area contributed by atoms with Gasteiger partial charge in [-0.25, -0.2) is 0 Å². The van der Waals surface area contributed by atoms with E-state index in [1.54, 1.807) is 0 Å². The molecule has 3 rings (SSSR count). The number of benzene rings is 3. The zero-order valence-corrected chi connectivity index (χ0v) is 21.4. The lowest BCUT2D eigenvalue weighted by atomic mass is 9.85. The van der Waals surface area contributed by atoms with Gasteiger partial charge in [-0.1, -0.05) is 95.1 Å². The van der Waals surface area contributed by atoms with Crippen LogP contribution in [0.1, 0.15) is 63.8 Å². The number of para-hydroxylation sites is 1. The standard InChI is InChI=1S/C28H35O3P/c1-20-14-16-25(23(18-20)27(3,4)5)30-32(29-22-12-10-9-11-13-22)31-26-17-15-21(2)19-24(26)28(6,7)8/h9-19H,1-8H3. The number of hydrogen-bond acceptors (Lipinski definition) is 3. The topological polar surface area (TPSA) is 27.7 Å². The summed E-state index contributed by atoms with van der Waals surface area (Å²) in [7, 11) is -1.74. The largest absolute Gasteiger partial charge is 0.530 e. The molecule has 0 spiro atoms. The molecular weight excluding hydrogens is 415 g/mol. The molecule has 32 heavy (non-hydrogen) atoms. The van der Waals surface area contributed by atoms with Crippen LogP contribution in [0.5, 0.6) is 17.2 Å². The van der Waals surface area contributed by atoms with E-state index in [1.807, 2.05) is 42.5 Å². The second-order valence-corrected chi connectivity index (χ2v) is 11.3. The van der Waals surface area contributed by atoms with Crippen molar-refractivity contribution in [3.05, 3.63) is 89.0 Å².